The standard InChI is InChI=1S/C21H21ClFN3O2/c1-13-19(11-21(27)24-12-15-7-8-16(23)9-20(15)22)14(2)26(25-13)17-5-4-6-18(10-17)28-3/h4-10H,11-12H2,1-3H3,(H,24,27). The van der Waals surface area contributed by atoms with E-state index in [1.165, 1.54) is 12.1 Å². The van der Waals surface area contributed by atoms with Crippen LogP contribution < -0.4 is 10.1 Å². The van der Waals surface area contributed by atoms with Crippen LogP contribution in [0.5, 0.6) is 5.75 Å². The molecule has 0 saturated carbocycles. The number of benzene rings is 2. The lowest BCUT2D eigenvalue weighted by Gasteiger charge is -2.09. The lowest BCUT2D eigenvalue weighted by atomic mass is 10.1. The lowest BCUT2D eigenvalue weighted by Crippen LogP contribution is -2.25. The van der Waals surface area contributed by atoms with E-state index in [1.807, 2.05) is 38.1 Å². The number of carbonyl (C=O) groups excluding carboxylic acids is 1. The Hall–Kier alpha value is -2.86. The zero-order valence-electron chi connectivity index (χ0n) is 15.9. The second-order valence-corrected chi connectivity index (χ2v) is 6.86. The summed E-state index contributed by atoms with van der Waals surface area (Å²) in [4.78, 5) is 12.4. The van der Waals surface area contributed by atoms with Gasteiger partial charge in [0.15, 0.2) is 0 Å². The largest absolute Gasteiger partial charge is 0.497 e. The molecule has 1 heterocycles. The first kappa shape index (κ1) is 19.9. The molecule has 0 saturated heterocycles. The fraction of sp³-hybridized carbons (Fsp3) is 0.238. The Kier molecular flexibility index (Phi) is 5.99. The van der Waals surface area contributed by atoms with Crippen molar-refractivity contribution in [1.29, 1.82) is 0 Å². The molecule has 1 aromatic heterocycles. The molecule has 0 radical (unpaired) electrons. The number of rotatable bonds is 6. The third-order valence-electron chi connectivity index (χ3n) is 4.57. The normalized spacial score (nSPS) is 10.8. The average molecular weight is 402 g/mol. The fourth-order valence-corrected chi connectivity index (χ4v) is 3.24. The van der Waals surface area contributed by atoms with Crippen LogP contribution in [0.3, 0.4) is 0 Å². The molecule has 0 unspecified atom stereocenters. The predicted molar refractivity (Wildman–Crippen MR) is 107 cm³/mol. The van der Waals surface area contributed by atoms with Crippen LogP contribution in [-0.2, 0) is 17.8 Å². The van der Waals surface area contributed by atoms with Crippen LogP contribution >= 0.6 is 11.6 Å². The minimum absolute atomic E-state index is 0.156. The van der Waals surface area contributed by atoms with Gasteiger partial charge in [-0.2, -0.15) is 5.10 Å². The molecule has 5 nitrogen and oxygen atoms in total. The third kappa shape index (κ3) is 4.34. The van der Waals surface area contributed by atoms with Crippen molar-refractivity contribution in [2.75, 3.05) is 7.11 Å². The van der Waals surface area contributed by atoms with Crippen molar-refractivity contribution >= 4 is 17.5 Å². The van der Waals surface area contributed by atoms with E-state index in [2.05, 4.69) is 10.4 Å². The van der Waals surface area contributed by atoms with E-state index in [-0.39, 0.29) is 18.9 Å². The first-order valence-corrected chi connectivity index (χ1v) is 9.17. The maximum absolute atomic E-state index is 13.1. The number of hydrogen-bond donors (Lipinski definition) is 1. The highest BCUT2D eigenvalue weighted by Gasteiger charge is 2.16. The van der Waals surface area contributed by atoms with Crippen molar-refractivity contribution in [3.05, 3.63) is 75.8 Å². The number of amides is 1. The lowest BCUT2D eigenvalue weighted by molar-refractivity contribution is -0.120. The molecule has 0 fully saturated rings. The smallest absolute Gasteiger partial charge is 0.224 e. The number of carbonyl (C=O) groups is 1. The van der Waals surface area contributed by atoms with Gasteiger partial charge in [0.05, 0.1) is 24.9 Å². The van der Waals surface area contributed by atoms with Gasteiger partial charge in [-0.15, -0.1) is 0 Å². The molecule has 0 aliphatic rings. The molecule has 1 N–H and O–H groups in total. The molecule has 7 heteroatoms. The molecule has 0 spiro atoms. The molecule has 0 aliphatic heterocycles. The van der Waals surface area contributed by atoms with E-state index < -0.39 is 5.82 Å². The zero-order chi connectivity index (χ0) is 20.3. The molecule has 2 aromatic carbocycles. The van der Waals surface area contributed by atoms with Crippen molar-refractivity contribution in [1.82, 2.24) is 15.1 Å². The predicted octanol–water partition coefficient (Wildman–Crippen LogP) is 4.15. The van der Waals surface area contributed by atoms with Crippen molar-refractivity contribution in [3.8, 4) is 11.4 Å². The van der Waals surface area contributed by atoms with Gasteiger partial charge in [-0.1, -0.05) is 23.7 Å². The van der Waals surface area contributed by atoms with Crippen LogP contribution in [0, 0.1) is 19.7 Å². The van der Waals surface area contributed by atoms with Gasteiger partial charge in [-0.05, 0) is 43.7 Å². The van der Waals surface area contributed by atoms with Gasteiger partial charge in [-0.25, -0.2) is 9.07 Å². The maximum atomic E-state index is 13.1. The molecule has 3 aromatic rings. The summed E-state index contributed by atoms with van der Waals surface area (Å²) in [5.41, 5.74) is 4.07. The van der Waals surface area contributed by atoms with E-state index in [9.17, 15) is 9.18 Å². The van der Waals surface area contributed by atoms with Crippen molar-refractivity contribution in [2.45, 2.75) is 26.8 Å². The van der Waals surface area contributed by atoms with Gasteiger partial charge in [0, 0.05) is 28.9 Å². The molecule has 0 atom stereocenters. The maximum Gasteiger partial charge on any atom is 0.224 e. The SMILES string of the molecule is COc1cccc(-n2nc(C)c(CC(=O)NCc3ccc(F)cc3Cl)c2C)c1. The Labute approximate surface area is 168 Å². The topological polar surface area (TPSA) is 56.2 Å². The molecule has 0 bridgehead atoms. The number of nitrogens with one attached hydrogen (secondary N) is 1. The van der Waals surface area contributed by atoms with Crippen molar-refractivity contribution in [3.63, 3.8) is 0 Å². The Morgan fingerprint density at radius 1 is 1.25 bits per heavy atom. The van der Waals surface area contributed by atoms with E-state index >= 15 is 0 Å². The number of halogens is 2. The highest BCUT2D eigenvalue weighted by Crippen LogP contribution is 2.22. The molecule has 1 amide bonds. The van der Waals surface area contributed by atoms with Crippen molar-refractivity contribution < 1.29 is 13.9 Å². The quantitative estimate of drug-likeness (QED) is 0.675. The first-order chi connectivity index (χ1) is 13.4. The number of ether oxygens (including phenoxy) is 1. The van der Waals surface area contributed by atoms with Gasteiger partial charge in [0.25, 0.3) is 0 Å². The molecule has 28 heavy (non-hydrogen) atoms. The Morgan fingerprint density at radius 2 is 2.04 bits per heavy atom. The van der Waals surface area contributed by atoms with Crippen LogP contribution in [-0.4, -0.2) is 22.8 Å². The molecular weight excluding hydrogens is 381 g/mol. The monoisotopic (exact) mass is 401 g/mol. The van der Waals surface area contributed by atoms with Crippen LogP contribution in [0.15, 0.2) is 42.5 Å². The summed E-state index contributed by atoms with van der Waals surface area (Å²) in [7, 11) is 1.61. The Bertz CT molecular complexity index is 1020. The number of methoxy groups -OCH3 is 1. The summed E-state index contributed by atoms with van der Waals surface area (Å²) in [5, 5.41) is 7.69. The number of nitrogens with zero attached hydrogens (tertiary/aromatic N) is 2. The zero-order valence-corrected chi connectivity index (χ0v) is 16.7. The minimum Gasteiger partial charge on any atom is -0.497 e. The van der Waals surface area contributed by atoms with Gasteiger partial charge < -0.3 is 10.1 Å². The summed E-state index contributed by atoms with van der Waals surface area (Å²) >= 11 is 6.00. The Morgan fingerprint density at radius 3 is 2.75 bits per heavy atom. The van der Waals surface area contributed by atoms with E-state index in [0.29, 0.717) is 10.6 Å². The molecule has 0 aliphatic carbocycles. The van der Waals surface area contributed by atoms with Gasteiger partial charge >= 0.3 is 0 Å². The molecular formula is C21H21ClFN3O2. The minimum atomic E-state index is -0.406. The highest BCUT2D eigenvalue weighted by atomic mass is 35.5. The summed E-state index contributed by atoms with van der Waals surface area (Å²) in [6, 6.07) is 11.7. The van der Waals surface area contributed by atoms with E-state index in [4.69, 9.17) is 16.3 Å². The van der Waals surface area contributed by atoms with Crippen LogP contribution in [0.4, 0.5) is 4.39 Å². The van der Waals surface area contributed by atoms with Gasteiger partial charge in [-0.3, -0.25) is 4.79 Å². The first-order valence-electron chi connectivity index (χ1n) is 8.79. The summed E-state index contributed by atoms with van der Waals surface area (Å²) in [6.07, 6.45) is 0.195. The van der Waals surface area contributed by atoms with E-state index in [1.54, 1.807) is 17.9 Å². The van der Waals surface area contributed by atoms with Gasteiger partial charge in [0.2, 0.25) is 5.91 Å². The summed E-state index contributed by atoms with van der Waals surface area (Å²) in [6.45, 7) is 4.04. The Balaban J connectivity index is 1.73. The molecule has 3 rings (SSSR count). The third-order valence-corrected chi connectivity index (χ3v) is 4.92. The second-order valence-electron chi connectivity index (χ2n) is 6.45. The second kappa shape index (κ2) is 8.44. The number of aryl methyl sites for hydroxylation is 1. The fourth-order valence-electron chi connectivity index (χ4n) is 3.01. The average Bonchev–Trinajstić information content (AvgIpc) is 2.95. The summed E-state index contributed by atoms with van der Waals surface area (Å²) < 4.78 is 20.2. The van der Waals surface area contributed by atoms with Crippen LogP contribution in [0.25, 0.3) is 5.69 Å². The molecule has 146 valence electrons. The van der Waals surface area contributed by atoms with Crippen molar-refractivity contribution in [2.24, 2.45) is 0 Å². The highest BCUT2D eigenvalue weighted by molar-refractivity contribution is 6.31. The number of hydrogen-bond acceptors (Lipinski definition) is 3. The van der Waals surface area contributed by atoms with Crippen LogP contribution in [0.2, 0.25) is 5.02 Å². The number of aromatic nitrogens is 2. The van der Waals surface area contributed by atoms with Crippen LogP contribution in [0.1, 0.15) is 22.5 Å². The summed E-state index contributed by atoms with van der Waals surface area (Å²) in [5.74, 6) is 0.175. The van der Waals surface area contributed by atoms with E-state index in [0.717, 1.165) is 28.4 Å². The van der Waals surface area contributed by atoms with Gasteiger partial charge in [0.1, 0.15) is 11.6 Å².